The second-order valence-corrected chi connectivity index (χ2v) is 4.49. The minimum atomic E-state index is -0.606. The van der Waals surface area contributed by atoms with Crippen LogP contribution < -0.4 is 5.73 Å². The Kier molecular flexibility index (Phi) is 2.28. The Morgan fingerprint density at radius 2 is 2.40 bits per heavy atom. The average Bonchev–Trinajstić information content (AvgIpc) is 2.15. The van der Waals surface area contributed by atoms with Crippen LogP contribution in [0.5, 0.6) is 0 Å². The van der Waals surface area contributed by atoms with Gasteiger partial charge in [0.15, 0.2) is 0 Å². The van der Waals surface area contributed by atoms with Crippen molar-refractivity contribution in [3.05, 3.63) is 0 Å². The van der Waals surface area contributed by atoms with E-state index in [-0.39, 0.29) is 6.04 Å². The van der Waals surface area contributed by atoms with Gasteiger partial charge < -0.3 is 10.8 Å². The van der Waals surface area contributed by atoms with Crippen LogP contribution in [-0.2, 0) is 0 Å². The Balaban J connectivity index is 2.66. The van der Waals surface area contributed by atoms with Crippen molar-refractivity contribution in [1.82, 2.24) is 0 Å². The van der Waals surface area contributed by atoms with Crippen molar-refractivity contribution in [2.45, 2.75) is 37.2 Å². The number of aliphatic hydroxyl groups is 1. The van der Waals surface area contributed by atoms with E-state index in [0.717, 1.165) is 12.2 Å². The quantitative estimate of drug-likeness (QED) is 0.591. The van der Waals surface area contributed by atoms with E-state index < -0.39 is 5.60 Å². The molecular weight excluding hydrogens is 146 g/mol. The van der Waals surface area contributed by atoms with Crippen LogP contribution >= 0.6 is 11.8 Å². The highest BCUT2D eigenvalue weighted by Crippen LogP contribution is 2.36. The maximum absolute atomic E-state index is 9.89. The fraction of sp³-hybridized carbons (Fsp3) is 1.00. The van der Waals surface area contributed by atoms with Crippen molar-refractivity contribution < 1.29 is 5.11 Å². The first kappa shape index (κ1) is 8.37. The van der Waals surface area contributed by atoms with Crippen molar-refractivity contribution in [3.63, 3.8) is 0 Å². The molecule has 0 saturated carbocycles. The molecular formula is C7H15NOS. The van der Waals surface area contributed by atoms with E-state index in [0.29, 0.717) is 5.25 Å². The molecule has 3 atom stereocenters. The summed E-state index contributed by atoms with van der Waals surface area (Å²) in [5.41, 5.74) is 5.05. The van der Waals surface area contributed by atoms with Crippen LogP contribution in [0.1, 0.15) is 20.3 Å². The highest BCUT2D eigenvalue weighted by atomic mass is 32.2. The lowest BCUT2D eigenvalue weighted by Gasteiger charge is -2.30. The first-order valence-electron chi connectivity index (χ1n) is 3.67. The van der Waals surface area contributed by atoms with E-state index in [9.17, 15) is 5.11 Å². The summed E-state index contributed by atoms with van der Waals surface area (Å²) in [6.45, 7) is 3.92. The predicted molar refractivity (Wildman–Crippen MR) is 45.1 cm³/mol. The zero-order valence-corrected chi connectivity index (χ0v) is 7.32. The van der Waals surface area contributed by atoms with Gasteiger partial charge in [-0.1, -0.05) is 6.92 Å². The summed E-state index contributed by atoms with van der Waals surface area (Å²) in [5, 5.41) is 10.2. The first-order valence-corrected chi connectivity index (χ1v) is 4.72. The molecule has 60 valence electrons. The molecule has 3 N–H and O–H groups in total. The molecule has 0 amide bonds. The summed E-state index contributed by atoms with van der Waals surface area (Å²) in [7, 11) is 0. The molecule has 1 aliphatic heterocycles. The van der Waals surface area contributed by atoms with Gasteiger partial charge in [0.2, 0.25) is 0 Å². The van der Waals surface area contributed by atoms with Crippen molar-refractivity contribution in [3.8, 4) is 0 Å². The van der Waals surface area contributed by atoms with Gasteiger partial charge in [-0.3, -0.25) is 0 Å². The Labute approximate surface area is 66.2 Å². The molecule has 2 nitrogen and oxygen atoms in total. The molecule has 1 heterocycles. The molecule has 0 spiro atoms. The minimum absolute atomic E-state index is 0.0995. The van der Waals surface area contributed by atoms with Crippen LogP contribution in [-0.4, -0.2) is 27.8 Å². The van der Waals surface area contributed by atoms with E-state index in [1.807, 2.05) is 13.8 Å². The van der Waals surface area contributed by atoms with Crippen LogP contribution in [0.4, 0.5) is 0 Å². The smallest absolute Gasteiger partial charge is 0.0918 e. The molecule has 3 unspecified atom stereocenters. The SMILES string of the molecule is CC(N)C1(O)CCSC1C. The van der Waals surface area contributed by atoms with E-state index in [2.05, 4.69) is 0 Å². The van der Waals surface area contributed by atoms with Gasteiger partial charge in [0.1, 0.15) is 0 Å². The molecule has 1 saturated heterocycles. The summed E-state index contributed by atoms with van der Waals surface area (Å²) in [6, 6.07) is -0.0995. The summed E-state index contributed by atoms with van der Waals surface area (Å²) in [6.07, 6.45) is 0.844. The number of nitrogens with two attached hydrogens (primary N) is 1. The summed E-state index contributed by atoms with van der Waals surface area (Å²) in [5.74, 6) is 1.04. The Morgan fingerprint density at radius 3 is 2.60 bits per heavy atom. The molecule has 1 rings (SSSR count). The lowest BCUT2D eigenvalue weighted by molar-refractivity contribution is 0.0252. The van der Waals surface area contributed by atoms with Crippen molar-refractivity contribution in [2.24, 2.45) is 5.73 Å². The fourth-order valence-electron chi connectivity index (χ4n) is 1.34. The highest BCUT2D eigenvalue weighted by molar-refractivity contribution is 8.00. The molecule has 0 aromatic heterocycles. The lowest BCUT2D eigenvalue weighted by atomic mass is 9.90. The topological polar surface area (TPSA) is 46.2 Å². The molecule has 0 bridgehead atoms. The van der Waals surface area contributed by atoms with Gasteiger partial charge in [0.05, 0.1) is 5.60 Å². The maximum Gasteiger partial charge on any atom is 0.0918 e. The van der Waals surface area contributed by atoms with Gasteiger partial charge in [-0.15, -0.1) is 0 Å². The Morgan fingerprint density at radius 1 is 1.80 bits per heavy atom. The normalized spacial score (nSPS) is 43.8. The average molecular weight is 161 g/mol. The zero-order valence-electron chi connectivity index (χ0n) is 6.50. The molecule has 3 heteroatoms. The van der Waals surface area contributed by atoms with Crippen LogP contribution in [0.3, 0.4) is 0 Å². The van der Waals surface area contributed by atoms with Gasteiger partial charge in [0.25, 0.3) is 0 Å². The van der Waals surface area contributed by atoms with Gasteiger partial charge in [-0.25, -0.2) is 0 Å². The van der Waals surface area contributed by atoms with E-state index in [1.54, 1.807) is 11.8 Å². The third-order valence-electron chi connectivity index (χ3n) is 2.36. The molecule has 0 aliphatic carbocycles. The standard InChI is InChI=1S/C7H15NOS/c1-5(8)7(9)3-4-10-6(7)2/h5-6,9H,3-4,8H2,1-2H3. The summed E-state index contributed by atoms with van der Waals surface area (Å²) in [4.78, 5) is 0. The molecule has 0 aromatic carbocycles. The van der Waals surface area contributed by atoms with Crippen molar-refractivity contribution in [2.75, 3.05) is 5.75 Å². The maximum atomic E-state index is 9.89. The van der Waals surface area contributed by atoms with E-state index >= 15 is 0 Å². The third-order valence-corrected chi connectivity index (χ3v) is 3.71. The second-order valence-electron chi connectivity index (χ2n) is 3.04. The Bertz CT molecular complexity index is 129. The second kappa shape index (κ2) is 2.72. The molecule has 0 aromatic rings. The molecule has 1 fully saturated rings. The predicted octanol–water partition coefficient (Wildman–Crippen LogP) is 0.590. The number of rotatable bonds is 1. The van der Waals surface area contributed by atoms with Gasteiger partial charge in [-0.05, 0) is 19.1 Å². The van der Waals surface area contributed by atoms with Crippen LogP contribution in [0.25, 0.3) is 0 Å². The van der Waals surface area contributed by atoms with Crippen molar-refractivity contribution >= 4 is 11.8 Å². The largest absolute Gasteiger partial charge is 0.387 e. The van der Waals surface area contributed by atoms with E-state index in [4.69, 9.17) is 5.73 Å². The minimum Gasteiger partial charge on any atom is -0.387 e. The summed E-state index contributed by atoms with van der Waals surface area (Å²) >= 11 is 1.80. The highest BCUT2D eigenvalue weighted by Gasteiger charge is 2.41. The first-order chi connectivity index (χ1) is 4.57. The number of thioether (sulfide) groups is 1. The summed E-state index contributed by atoms with van der Waals surface area (Å²) < 4.78 is 0. The van der Waals surface area contributed by atoms with Gasteiger partial charge in [0, 0.05) is 11.3 Å². The molecule has 10 heavy (non-hydrogen) atoms. The van der Waals surface area contributed by atoms with Crippen molar-refractivity contribution in [1.29, 1.82) is 0 Å². The van der Waals surface area contributed by atoms with Gasteiger partial charge >= 0.3 is 0 Å². The molecule has 1 aliphatic rings. The zero-order chi connectivity index (χ0) is 7.78. The van der Waals surface area contributed by atoms with Crippen LogP contribution in [0.15, 0.2) is 0 Å². The van der Waals surface area contributed by atoms with E-state index in [1.165, 1.54) is 0 Å². The lowest BCUT2D eigenvalue weighted by Crippen LogP contribution is -2.49. The number of hydrogen-bond donors (Lipinski definition) is 2. The monoisotopic (exact) mass is 161 g/mol. The van der Waals surface area contributed by atoms with Crippen LogP contribution in [0.2, 0.25) is 0 Å². The molecule has 0 radical (unpaired) electrons. The third kappa shape index (κ3) is 1.18. The fourth-order valence-corrected chi connectivity index (χ4v) is 2.76. The number of hydrogen-bond acceptors (Lipinski definition) is 3. The Hall–Kier alpha value is 0.270. The van der Waals surface area contributed by atoms with Crippen LogP contribution in [0, 0.1) is 0 Å². The van der Waals surface area contributed by atoms with Gasteiger partial charge in [-0.2, -0.15) is 11.8 Å².